The second-order valence-corrected chi connectivity index (χ2v) is 3.74. The van der Waals surface area contributed by atoms with Gasteiger partial charge < -0.3 is 0 Å². The van der Waals surface area contributed by atoms with Gasteiger partial charge in [0.1, 0.15) is 0 Å². The smallest absolute Gasteiger partial charge is 0.0412 e. The Labute approximate surface area is 82.8 Å². The fourth-order valence-electron chi connectivity index (χ4n) is 1.53. The summed E-state index contributed by atoms with van der Waals surface area (Å²) < 4.78 is 0. The summed E-state index contributed by atoms with van der Waals surface area (Å²) in [6.45, 7) is 2.12. The molecule has 0 heterocycles. The predicted octanol–water partition coefficient (Wildman–Crippen LogP) is 2.25. The molecule has 0 bridgehead atoms. The van der Waals surface area contributed by atoms with Crippen molar-refractivity contribution in [1.82, 2.24) is 0 Å². The SMILES string of the molecule is CC1=CCC=c2cc(Cl)ccc2=C1. The van der Waals surface area contributed by atoms with E-state index in [0.29, 0.717) is 0 Å². The highest BCUT2D eigenvalue weighted by molar-refractivity contribution is 6.30. The lowest BCUT2D eigenvalue weighted by Gasteiger charge is -1.91. The summed E-state index contributed by atoms with van der Waals surface area (Å²) in [6, 6.07) is 6.01. The van der Waals surface area contributed by atoms with Crippen LogP contribution in [0.1, 0.15) is 13.3 Å². The fourth-order valence-corrected chi connectivity index (χ4v) is 1.71. The summed E-state index contributed by atoms with van der Waals surface area (Å²) in [6.07, 6.45) is 7.60. The standard InChI is InChI=1S/C12H11Cl/c1-9-3-2-4-10-8-12(13)6-5-11(10)7-9/h3-8H,2H2,1H3. The molecule has 1 aliphatic carbocycles. The van der Waals surface area contributed by atoms with Crippen LogP contribution in [0.2, 0.25) is 5.02 Å². The molecule has 0 saturated carbocycles. The van der Waals surface area contributed by atoms with Crippen molar-refractivity contribution < 1.29 is 0 Å². The van der Waals surface area contributed by atoms with Gasteiger partial charge in [-0.05, 0) is 35.9 Å². The molecule has 1 aromatic rings. The predicted molar refractivity (Wildman–Crippen MR) is 58.0 cm³/mol. The highest BCUT2D eigenvalue weighted by Crippen LogP contribution is 2.03. The van der Waals surface area contributed by atoms with E-state index in [1.807, 2.05) is 12.1 Å². The van der Waals surface area contributed by atoms with Gasteiger partial charge >= 0.3 is 0 Å². The minimum absolute atomic E-state index is 0.808. The van der Waals surface area contributed by atoms with E-state index in [1.165, 1.54) is 16.0 Å². The monoisotopic (exact) mass is 190 g/mol. The van der Waals surface area contributed by atoms with Crippen LogP contribution in [-0.4, -0.2) is 0 Å². The molecule has 0 saturated heterocycles. The average Bonchev–Trinajstić information content (AvgIpc) is 2.25. The highest BCUT2D eigenvalue weighted by Gasteiger charge is 1.93. The van der Waals surface area contributed by atoms with Crippen molar-refractivity contribution in [2.45, 2.75) is 13.3 Å². The first-order chi connectivity index (χ1) is 6.25. The van der Waals surface area contributed by atoms with E-state index < -0.39 is 0 Å². The Morgan fingerprint density at radius 2 is 2.00 bits per heavy atom. The van der Waals surface area contributed by atoms with Crippen LogP contribution in [0.3, 0.4) is 0 Å². The van der Waals surface area contributed by atoms with Crippen LogP contribution in [0.25, 0.3) is 12.2 Å². The molecule has 0 aromatic heterocycles. The first-order valence-corrected chi connectivity index (χ1v) is 4.78. The van der Waals surface area contributed by atoms with Crippen LogP contribution in [0.4, 0.5) is 0 Å². The second-order valence-electron chi connectivity index (χ2n) is 3.31. The van der Waals surface area contributed by atoms with Gasteiger partial charge in [-0.15, -0.1) is 0 Å². The second kappa shape index (κ2) is 3.39. The van der Waals surface area contributed by atoms with E-state index in [1.54, 1.807) is 0 Å². The maximum atomic E-state index is 5.92. The Morgan fingerprint density at radius 1 is 1.15 bits per heavy atom. The van der Waals surface area contributed by atoms with E-state index in [9.17, 15) is 0 Å². The normalized spacial score (nSPS) is 14.8. The summed E-state index contributed by atoms with van der Waals surface area (Å²) in [5.74, 6) is 0. The quantitative estimate of drug-likeness (QED) is 0.589. The molecule has 0 nitrogen and oxygen atoms in total. The summed E-state index contributed by atoms with van der Waals surface area (Å²) in [7, 11) is 0. The zero-order valence-electron chi connectivity index (χ0n) is 7.55. The van der Waals surface area contributed by atoms with Gasteiger partial charge in [-0.25, -0.2) is 0 Å². The molecular weight excluding hydrogens is 180 g/mol. The lowest BCUT2D eigenvalue weighted by molar-refractivity contribution is 1.42. The van der Waals surface area contributed by atoms with Crippen LogP contribution in [-0.2, 0) is 0 Å². The molecule has 0 fully saturated rings. The number of fused-ring (bicyclic) bond motifs is 1. The number of hydrogen-bond donors (Lipinski definition) is 0. The van der Waals surface area contributed by atoms with Crippen LogP contribution >= 0.6 is 11.6 Å². The van der Waals surface area contributed by atoms with Crippen molar-refractivity contribution in [2.75, 3.05) is 0 Å². The van der Waals surface area contributed by atoms with E-state index >= 15 is 0 Å². The highest BCUT2D eigenvalue weighted by atomic mass is 35.5. The van der Waals surface area contributed by atoms with Crippen molar-refractivity contribution in [3.8, 4) is 0 Å². The Hall–Kier alpha value is -1.01. The van der Waals surface area contributed by atoms with Crippen LogP contribution in [0, 0.1) is 0 Å². The molecule has 66 valence electrons. The topological polar surface area (TPSA) is 0 Å². The minimum atomic E-state index is 0.808. The molecular formula is C12H11Cl. The molecule has 0 radical (unpaired) electrons. The molecule has 1 heteroatoms. The minimum Gasteiger partial charge on any atom is -0.0843 e. The Kier molecular flexibility index (Phi) is 2.24. The largest absolute Gasteiger partial charge is 0.0843 e. The number of rotatable bonds is 0. The molecule has 0 atom stereocenters. The third-order valence-electron chi connectivity index (χ3n) is 2.21. The molecule has 1 aromatic carbocycles. The Bertz CT molecular complexity index is 466. The summed E-state index contributed by atoms with van der Waals surface area (Å²) in [4.78, 5) is 0. The molecule has 0 unspecified atom stereocenters. The van der Waals surface area contributed by atoms with Gasteiger partial charge in [0, 0.05) is 5.02 Å². The average molecular weight is 191 g/mol. The third kappa shape index (κ3) is 1.84. The van der Waals surface area contributed by atoms with Crippen molar-refractivity contribution in [3.63, 3.8) is 0 Å². The molecule has 0 amide bonds. The number of benzene rings is 1. The zero-order valence-corrected chi connectivity index (χ0v) is 8.31. The lowest BCUT2D eigenvalue weighted by atomic mass is 10.2. The van der Waals surface area contributed by atoms with Crippen molar-refractivity contribution in [3.05, 3.63) is 45.3 Å². The number of hydrogen-bond acceptors (Lipinski definition) is 0. The van der Waals surface area contributed by atoms with E-state index in [2.05, 4.69) is 31.2 Å². The van der Waals surface area contributed by atoms with Gasteiger partial charge in [0.05, 0.1) is 0 Å². The van der Waals surface area contributed by atoms with Crippen molar-refractivity contribution >= 4 is 23.8 Å². The number of allylic oxidation sites excluding steroid dienone is 2. The first kappa shape index (κ1) is 8.58. The molecule has 1 aliphatic rings. The summed E-state index contributed by atoms with van der Waals surface area (Å²) in [5, 5.41) is 3.30. The summed E-state index contributed by atoms with van der Waals surface area (Å²) >= 11 is 5.92. The summed E-state index contributed by atoms with van der Waals surface area (Å²) in [5.41, 5.74) is 1.32. The zero-order chi connectivity index (χ0) is 9.26. The fraction of sp³-hybridized carbons (Fsp3) is 0.167. The molecule has 2 rings (SSSR count). The molecule has 0 aliphatic heterocycles. The Morgan fingerprint density at radius 3 is 2.85 bits per heavy atom. The van der Waals surface area contributed by atoms with Gasteiger partial charge in [-0.3, -0.25) is 0 Å². The first-order valence-electron chi connectivity index (χ1n) is 4.40. The van der Waals surface area contributed by atoms with Crippen molar-refractivity contribution in [2.24, 2.45) is 0 Å². The van der Waals surface area contributed by atoms with E-state index in [0.717, 1.165) is 11.4 Å². The van der Waals surface area contributed by atoms with Crippen LogP contribution in [0.15, 0.2) is 29.8 Å². The molecule has 0 spiro atoms. The van der Waals surface area contributed by atoms with Crippen LogP contribution in [0.5, 0.6) is 0 Å². The van der Waals surface area contributed by atoms with Crippen molar-refractivity contribution in [1.29, 1.82) is 0 Å². The molecule has 0 N–H and O–H groups in total. The van der Waals surface area contributed by atoms with Gasteiger partial charge in [-0.2, -0.15) is 0 Å². The van der Waals surface area contributed by atoms with E-state index in [4.69, 9.17) is 11.6 Å². The molecule has 13 heavy (non-hydrogen) atoms. The van der Waals surface area contributed by atoms with Crippen LogP contribution < -0.4 is 10.4 Å². The maximum Gasteiger partial charge on any atom is 0.0412 e. The third-order valence-corrected chi connectivity index (χ3v) is 2.44. The number of halogens is 1. The van der Waals surface area contributed by atoms with Gasteiger partial charge in [0.15, 0.2) is 0 Å². The van der Waals surface area contributed by atoms with Gasteiger partial charge in [0.2, 0.25) is 0 Å². The van der Waals surface area contributed by atoms with Gasteiger partial charge in [-0.1, -0.05) is 41.5 Å². The Balaban J connectivity index is 2.75. The maximum absolute atomic E-state index is 5.92. The lowest BCUT2D eigenvalue weighted by Crippen LogP contribution is -2.23. The van der Waals surface area contributed by atoms with Gasteiger partial charge in [0.25, 0.3) is 0 Å². The van der Waals surface area contributed by atoms with E-state index in [-0.39, 0.29) is 0 Å².